The molecule has 0 spiro atoms. The van der Waals surface area contributed by atoms with Gasteiger partial charge in [-0.05, 0) is 63.4 Å². The van der Waals surface area contributed by atoms with E-state index in [9.17, 15) is 9.90 Å². The zero-order valence-corrected chi connectivity index (χ0v) is 16.2. The maximum absolute atomic E-state index is 12.2. The molecule has 1 N–H and O–H groups in total. The van der Waals surface area contributed by atoms with Crippen molar-refractivity contribution >= 4 is 5.91 Å². The fourth-order valence-electron chi connectivity index (χ4n) is 3.74. The second-order valence-corrected chi connectivity index (χ2v) is 7.12. The predicted molar refractivity (Wildman–Crippen MR) is 103 cm³/mol. The molecule has 0 saturated carbocycles. The standard InChI is InChI=1S/C20H29N5O2/c1-3-24(4-2)20(27)15-25-14-18(21-22-25)13-23-10-8-16(9-11-23)17-6-5-7-19(26)12-17/h5-7,12,14,16,26H,3-4,8-11,13,15H2,1-2H3. The highest BCUT2D eigenvalue weighted by atomic mass is 16.3. The van der Waals surface area contributed by atoms with E-state index < -0.39 is 0 Å². The number of carbonyl (C=O) groups is 1. The van der Waals surface area contributed by atoms with Crippen LogP contribution >= 0.6 is 0 Å². The summed E-state index contributed by atoms with van der Waals surface area (Å²) < 4.78 is 1.63. The van der Waals surface area contributed by atoms with Gasteiger partial charge in [-0.25, -0.2) is 4.68 Å². The topological polar surface area (TPSA) is 74.5 Å². The Kier molecular flexibility index (Phi) is 6.45. The zero-order valence-electron chi connectivity index (χ0n) is 16.2. The number of hydrogen-bond acceptors (Lipinski definition) is 5. The molecule has 146 valence electrons. The van der Waals surface area contributed by atoms with Crippen molar-refractivity contribution in [1.29, 1.82) is 0 Å². The molecule has 0 bridgehead atoms. The third-order valence-electron chi connectivity index (χ3n) is 5.31. The van der Waals surface area contributed by atoms with Crippen molar-refractivity contribution in [1.82, 2.24) is 24.8 Å². The Morgan fingerprint density at radius 3 is 2.67 bits per heavy atom. The van der Waals surface area contributed by atoms with Crippen LogP contribution in [0, 0.1) is 0 Å². The molecule has 7 heteroatoms. The second-order valence-electron chi connectivity index (χ2n) is 7.12. The molecule has 1 aliphatic rings. The number of aromatic nitrogens is 3. The van der Waals surface area contributed by atoms with E-state index in [1.807, 2.05) is 32.2 Å². The largest absolute Gasteiger partial charge is 0.508 e. The lowest BCUT2D eigenvalue weighted by Crippen LogP contribution is -2.33. The Balaban J connectivity index is 1.49. The van der Waals surface area contributed by atoms with Gasteiger partial charge in [-0.3, -0.25) is 9.69 Å². The van der Waals surface area contributed by atoms with Gasteiger partial charge in [0.15, 0.2) is 0 Å². The number of aromatic hydroxyl groups is 1. The Labute approximate surface area is 160 Å². The van der Waals surface area contributed by atoms with Gasteiger partial charge in [0.05, 0.1) is 11.9 Å². The first kappa shape index (κ1) is 19.4. The van der Waals surface area contributed by atoms with Crippen molar-refractivity contribution in [3.63, 3.8) is 0 Å². The highest BCUT2D eigenvalue weighted by Crippen LogP contribution is 2.30. The lowest BCUT2D eigenvalue weighted by Gasteiger charge is -2.31. The molecular weight excluding hydrogens is 342 g/mol. The molecule has 1 saturated heterocycles. The average molecular weight is 371 g/mol. The summed E-state index contributed by atoms with van der Waals surface area (Å²) in [6, 6.07) is 7.60. The van der Waals surface area contributed by atoms with Gasteiger partial charge in [-0.1, -0.05) is 17.3 Å². The monoisotopic (exact) mass is 371 g/mol. The van der Waals surface area contributed by atoms with E-state index in [1.165, 1.54) is 5.56 Å². The first-order valence-electron chi connectivity index (χ1n) is 9.77. The highest BCUT2D eigenvalue weighted by Gasteiger charge is 2.22. The van der Waals surface area contributed by atoms with E-state index in [2.05, 4.69) is 21.3 Å². The Hall–Kier alpha value is -2.41. The Morgan fingerprint density at radius 1 is 1.26 bits per heavy atom. The number of carbonyl (C=O) groups excluding carboxylic acids is 1. The van der Waals surface area contributed by atoms with Gasteiger partial charge < -0.3 is 10.0 Å². The molecule has 0 unspecified atom stereocenters. The van der Waals surface area contributed by atoms with E-state index in [0.717, 1.165) is 38.2 Å². The number of rotatable bonds is 7. The molecule has 1 aromatic carbocycles. The molecule has 0 atom stereocenters. The molecule has 1 fully saturated rings. The summed E-state index contributed by atoms with van der Waals surface area (Å²) in [6.07, 6.45) is 4.01. The maximum Gasteiger partial charge on any atom is 0.244 e. The average Bonchev–Trinajstić information content (AvgIpc) is 3.10. The fraction of sp³-hybridized carbons (Fsp3) is 0.550. The van der Waals surface area contributed by atoms with Crippen molar-refractivity contribution in [2.45, 2.75) is 45.7 Å². The molecule has 7 nitrogen and oxygen atoms in total. The molecule has 0 aliphatic carbocycles. The zero-order chi connectivity index (χ0) is 19.2. The van der Waals surface area contributed by atoms with Crippen LogP contribution < -0.4 is 0 Å². The Morgan fingerprint density at radius 2 is 2.00 bits per heavy atom. The van der Waals surface area contributed by atoms with Crippen LogP contribution in [-0.4, -0.2) is 62.0 Å². The summed E-state index contributed by atoms with van der Waals surface area (Å²) >= 11 is 0. The van der Waals surface area contributed by atoms with E-state index in [4.69, 9.17) is 0 Å². The number of phenolic OH excluding ortho intramolecular Hbond substituents is 1. The SMILES string of the molecule is CCN(CC)C(=O)Cn1cc(CN2CCC(c3cccc(O)c3)CC2)nn1. The number of nitrogens with zero attached hydrogens (tertiary/aromatic N) is 5. The summed E-state index contributed by atoms with van der Waals surface area (Å²) in [5.74, 6) is 0.907. The van der Waals surface area contributed by atoms with Crippen LogP contribution in [0.1, 0.15) is 43.9 Å². The van der Waals surface area contributed by atoms with Gasteiger partial charge in [-0.15, -0.1) is 5.10 Å². The van der Waals surface area contributed by atoms with Crippen molar-refractivity contribution < 1.29 is 9.90 Å². The first-order chi connectivity index (χ1) is 13.1. The van der Waals surface area contributed by atoms with Gasteiger partial charge in [0.25, 0.3) is 0 Å². The molecule has 2 heterocycles. The number of piperidine rings is 1. The minimum absolute atomic E-state index is 0.0726. The number of likely N-dealkylation sites (tertiary alicyclic amines) is 1. The maximum atomic E-state index is 12.2. The number of likely N-dealkylation sites (N-methyl/N-ethyl adjacent to an activating group) is 1. The second kappa shape index (κ2) is 8.99. The van der Waals surface area contributed by atoms with Crippen LogP contribution in [0.15, 0.2) is 30.5 Å². The predicted octanol–water partition coefficient (Wildman–Crippen LogP) is 2.23. The van der Waals surface area contributed by atoms with Crippen LogP contribution in [0.2, 0.25) is 0 Å². The molecule has 1 amide bonds. The smallest absolute Gasteiger partial charge is 0.244 e. The molecule has 27 heavy (non-hydrogen) atoms. The normalized spacial score (nSPS) is 15.8. The summed E-state index contributed by atoms with van der Waals surface area (Å²) in [4.78, 5) is 16.4. The van der Waals surface area contributed by atoms with Crippen LogP contribution in [0.5, 0.6) is 5.75 Å². The molecular formula is C20H29N5O2. The van der Waals surface area contributed by atoms with Crippen molar-refractivity contribution in [3.05, 3.63) is 41.7 Å². The summed E-state index contributed by atoms with van der Waals surface area (Å²) in [5.41, 5.74) is 2.12. The molecule has 0 radical (unpaired) electrons. The first-order valence-corrected chi connectivity index (χ1v) is 9.77. The lowest BCUT2D eigenvalue weighted by atomic mass is 9.89. The van der Waals surface area contributed by atoms with Gasteiger partial charge >= 0.3 is 0 Å². The Bertz CT molecular complexity index is 748. The fourth-order valence-corrected chi connectivity index (χ4v) is 3.74. The summed E-state index contributed by atoms with van der Waals surface area (Å²) in [7, 11) is 0. The third-order valence-corrected chi connectivity index (χ3v) is 5.31. The van der Waals surface area contributed by atoms with Gasteiger partial charge in [0, 0.05) is 19.6 Å². The van der Waals surface area contributed by atoms with Crippen LogP contribution in [0.25, 0.3) is 0 Å². The van der Waals surface area contributed by atoms with Gasteiger partial charge in [-0.2, -0.15) is 0 Å². The third kappa shape index (κ3) is 5.07. The number of benzene rings is 1. The van der Waals surface area contributed by atoms with Crippen LogP contribution in [0.4, 0.5) is 0 Å². The van der Waals surface area contributed by atoms with Crippen molar-refractivity contribution in [2.75, 3.05) is 26.2 Å². The molecule has 2 aromatic rings. The molecule has 3 rings (SSSR count). The summed E-state index contributed by atoms with van der Waals surface area (Å²) in [5, 5.41) is 18.0. The lowest BCUT2D eigenvalue weighted by molar-refractivity contribution is -0.131. The number of hydrogen-bond donors (Lipinski definition) is 1. The molecule has 1 aromatic heterocycles. The van der Waals surface area contributed by atoms with Gasteiger partial charge in [0.1, 0.15) is 12.3 Å². The quantitative estimate of drug-likeness (QED) is 0.808. The van der Waals surface area contributed by atoms with E-state index in [0.29, 0.717) is 24.8 Å². The van der Waals surface area contributed by atoms with Crippen LogP contribution in [-0.2, 0) is 17.9 Å². The summed E-state index contributed by atoms with van der Waals surface area (Å²) in [6.45, 7) is 8.37. The van der Waals surface area contributed by atoms with E-state index in [-0.39, 0.29) is 12.5 Å². The van der Waals surface area contributed by atoms with Crippen LogP contribution in [0.3, 0.4) is 0 Å². The number of amides is 1. The van der Waals surface area contributed by atoms with Crippen molar-refractivity contribution in [3.8, 4) is 5.75 Å². The van der Waals surface area contributed by atoms with Gasteiger partial charge in [0.2, 0.25) is 5.91 Å². The van der Waals surface area contributed by atoms with Crippen molar-refractivity contribution in [2.24, 2.45) is 0 Å². The minimum atomic E-state index is 0.0726. The minimum Gasteiger partial charge on any atom is -0.508 e. The van der Waals surface area contributed by atoms with E-state index in [1.54, 1.807) is 15.6 Å². The highest BCUT2D eigenvalue weighted by molar-refractivity contribution is 5.75. The van der Waals surface area contributed by atoms with E-state index >= 15 is 0 Å². The number of phenols is 1. The molecule has 1 aliphatic heterocycles.